The topological polar surface area (TPSA) is 53.1 Å². The number of hydrogen-bond acceptors (Lipinski definition) is 2. The maximum atomic E-state index is 13.2. The summed E-state index contributed by atoms with van der Waals surface area (Å²) in [5, 5.41) is 8.91. The van der Waals surface area contributed by atoms with Crippen LogP contribution in [0.4, 0.5) is 8.78 Å². The average molecular weight is 197 g/mol. The van der Waals surface area contributed by atoms with Crippen LogP contribution in [0, 0.1) is 11.6 Å². The standard InChI is InChI=1S/C9H5F2NO2/c10-5-3-6-4(8(11)9(5)14)1-2-7(13)12-6/h1-3,14H,(H,12,13). The molecule has 0 aliphatic rings. The Morgan fingerprint density at radius 1 is 1.29 bits per heavy atom. The van der Waals surface area contributed by atoms with E-state index in [2.05, 4.69) is 4.98 Å². The molecule has 0 saturated heterocycles. The number of phenols is 1. The van der Waals surface area contributed by atoms with E-state index in [0.29, 0.717) is 0 Å². The van der Waals surface area contributed by atoms with Gasteiger partial charge in [-0.05, 0) is 6.07 Å². The maximum Gasteiger partial charge on any atom is 0.248 e. The predicted molar refractivity (Wildman–Crippen MR) is 46.1 cm³/mol. The predicted octanol–water partition coefficient (Wildman–Crippen LogP) is 1.51. The van der Waals surface area contributed by atoms with E-state index in [4.69, 9.17) is 5.11 Å². The largest absolute Gasteiger partial charge is 0.503 e. The van der Waals surface area contributed by atoms with E-state index in [1.165, 1.54) is 6.07 Å². The van der Waals surface area contributed by atoms with Crippen LogP contribution in [-0.2, 0) is 0 Å². The fourth-order valence-corrected chi connectivity index (χ4v) is 1.22. The Balaban J connectivity index is 2.98. The monoisotopic (exact) mass is 197 g/mol. The van der Waals surface area contributed by atoms with Crippen LogP contribution in [0.25, 0.3) is 10.9 Å². The van der Waals surface area contributed by atoms with E-state index in [-0.39, 0.29) is 10.9 Å². The van der Waals surface area contributed by atoms with E-state index < -0.39 is 22.9 Å². The summed E-state index contributed by atoms with van der Waals surface area (Å²) in [5.41, 5.74) is -0.438. The average Bonchev–Trinajstić information content (AvgIpc) is 2.14. The Bertz CT molecular complexity index is 562. The van der Waals surface area contributed by atoms with Crippen LogP contribution in [-0.4, -0.2) is 10.1 Å². The number of hydrogen-bond donors (Lipinski definition) is 2. The maximum absolute atomic E-state index is 13.2. The minimum atomic E-state index is -1.10. The van der Waals surface area contributed by atoms with Gasteiger partial charge >= 0.3 is 0 Å². The van der Waals surface area contributed by atoms with Crippen molar-refractivity contribution < 1.29 is 13.9 Å². The molecule has 5 heteroatoms. The number of fused-ring (bicyclic) bond motifs is 1. The summed E-state index contributed by atoms with van der Waals surface area (Å²) in [6, 6.07) is 3.15. The zero-order chi connectivity index (χ0) is 10.3. The van der Waals surface area contributed by atoms with Gasteiger partial charge in [-0.25, -0.2) is 8.78 Å². The second-order valence-electron chi connectivity index (χ2n) is 2.80. The fourth-order valence-electron chi connectivity index (χ4n) is 1.22. The summed E-state index contributed by atoms with van der Waals surface area (Å²) in [6.45, 7) is 0. The number of benzene rings is 1. The Morgan fingerprint density at radius 2 is 2.00 bits per heavy atom. The lowest BCUT2D eigenvalue weighted by atomic mass is 10.2. The zero-order valence-corrected chi connectivity index (χ0v) is 6.84. The first-order chi connectivity index (χ1) is 6.59. The smallest absolute Gasteiger partial charge is 0.248 e. The number of aromatic amines is 1. The van der Waals surface area contributed by atoms with Gasteiger partial charge in [0.15, 0.2) is 17.4 Å². The molecule has 0 atom stereocenters. The molecule has 2 rings (SSSR count). The number of rotatable bonds is 0. The number of aromatic hydroxyl groups is 1. The van der Waals surface area contributed by atoms with Gasteiger partial charge < -0.3 is 10.1 Å². The first-order valence-corrected chi connectivity index (χ1v) is 3.79. The first-order valence-electron chi connectivity index (χ1n) is 3.79. The Kier molecular flexibility index (Phi) is 1.73. The Labute approximate surface area is 76.6 Å². The lowest BCUT2D eigenvalue weighted by Gasteiger charge is -2.01. The van der Waals surface area contributed by atoms with Gasteiger partial charge in [-0.3, -0.25) is 4.79 Å². The molecule has 2 N–H and O–H groups in total. The third-order valence-corrected chi connectivity index (χ3v) is 1.89. The van der Waals surface area contributed by atoms with Crippen LogP contribution in [0.5, 0.6) is 5.75 Å². The highest BCUT2D eigenvalue weighted by molar-refractivity contribution is 5.80. The molecule has 0 saturated carbocycles. The summed E-state index contributed by atoms with van der Waals surface area (Å²) in [4.78, 5) is 13.1. The lowest BCUT2D eigenvalue weighted by molar-refractivity contribution is 0.400. The van der Waals surface area contributed by atoms with Gasteiger partial charge in [0.2, 0.25) is 5.56 Å². The van der Waals surface area contributed by atoms with Crippen LogP contribution in [0.1, 0.15) is 0 Å². The number of pyridine rings is 1. The summed E-state index contributed by atoms with van der Waals surface area (Å²) in [6.07, 6.45) is 0. The molecular weight excluding hydrogens is 192 g/mol. The quantitative estimate of drug-likeness (QED) is 0.672. The highest BCUT2D eigenvalue weighted by Crippen LogP contribution is 2.26. The number of H-pyrrole nitrogens is 1. The normalized spacial score (nSPS) is 10.7. The van der Waals surface area contributed by atoms with Crippen LogP contribution in [0.15, 0.2) is 23.0 Å². The summed E-state index contributed by atoms with van der Waals surface area (Å²) < 4.78 is 26.0. The molecular formula is C9H5F2NO2. The molecule has 14 heavy (non-hydrogen) atoms. The van der Waals surface area contributed by atoms with E-state index in [9.17, 15) is 13.6 Å². The van der Waals surface area contributed by atoms with Gasteiger partial charge in [0.05, 0.1) is 5.52 Å². The zero-order valence-electron chi connectivity index (χ0n) is 6.84. The molecule has 0 radical (unpaired) electrons. The van der Waals surface area contributed by atoms with Gasteiger partial charge in [-0.2, -0.15) is 0 Å². The van der Waals surface area contributed by atoms with Crippen LogP contribution < -0.4 is 5.56 Å². The molecule has 0 spiro atoms. The molecule has 2 aromatic rings. The van der Waals surface area contributed by atoms with Crippen molar-refractivity contribution in [2.75, 3.05) is 0 Å². The molecule has 0 unspecified atom stereocenters. The highest BCUT2D eigenvalue weighted by Gasteiger charge is 2.12. The van der Waals surface area contributed by atoms with Crippen LogP contribution in [0.2, 0.25) is 0 Å². The van der Waals surface area contributed by atoms with Crippen molar-refractivity contribution in [2.45, 2.75) is 0 Å². The molecule has 1 aromatic heterocycles. The van der Waals surface area contributed by atoms with E-state index in [1.54, 1.807) is 0 Å². The first kappa shape index (κ1) is 8.68. The van der Waals surface area contributed by atoms with Crippen molar-refractivity contribution in [1.29, 1.82) is 0 Å². The molecule has 0 aliphatic heterocycles. The van der Waals surface area contributed by atoms with Crippen molar-refractivity contribution in [3.63, 3.8) is 0 Å². The number of aromatic nitrogens is 1. The lowest BCUT2D eigenvalue weighted by Crippen LogP contribution is -2.03. The summed E-state index contributed by atoms with van der Waals surface area (Å²) >= 11 is 0. The molecule has 0 amide bonds. The molecule has 3 nitrogen and oxygen atoms in total. The van der Waals surface area contributed by atoms with Crippen molar-refractivity contribution >= 4 is 10.9 Å². The van der Waals surface area contributed by atoms with Gasteiger partial charge in [0.1, 0.15) is 0 Å². The van der Waals surface area contributed by atoms with Gasteiger partial charge in [0, 0.05) is 17.5 Å². The van der Waals surface area contributed by atoms with Crippen molar-refractivity contribution in [3.05, 3.63) is 40.2 Å². The van der Waals surface area contributed by atoms with Crippen molar-refractivity contribution in [3.8, 4) is 5.75 Å². The third-order valence-electron chi connectivity index (χ3n) is 1.89. The van der Waals surface area contributed by atoms with Crippen LogP contribution in [0.3, 0.4) is 0 Å². The molecule has 0 aliphatic carbocycles. The minimum absolute atomic E-state index is 0.0188. The second-order valence-corrected chi connectivity index (χ2v) is 2.80. The molecule has 72 valence electrons. The highest BCUT2D eigenvalue weighted by atomic mass is 19.1. The van der Waals surface area contributed by atoms with Gasteiger partial charge in [0.25, 0.3) is 0 Å². The SMILES string of the molecule is O=c1ccc2c(F)c(O)c(F)cc2[nH]1. The molecule has 1 heterocycles. The van der Waals surface area contributed by atoms with E-state index >= 15 is 0 Å². The summed E-state index contributed by atoms with van der Waals surface area (Å²) in [5.74, 6) is -3.21. The number of phenolic OH excluding ortho intramolecular Hbond substituents is 1. The summed E-state index contributed by atoms with van der Waals surface area (Å²) in [7, 11) is 0. The van der Waals surface area contributed by atoms with E-state index in [1.807, 2.05) is 0 Å². The number of nitrogens with one attached hydrogen (secondary N) is 1. The fraction of sp³-hybridized carbons (Fsp3) is 0. The van der Waals surface area contributed by atoms with Gasteiger partial charge in [-0.15, -0.1) is 0 Å². The third kappa shape index (κ3) is 1.14. The molecule has 1 aromatic carbocycles. The van der Waals surface area contributed by atoms with E-state index in [0.717, 1.165) is 12.1 Å². The van der Waals surface area contributed by atoms with Crippen LogP contribution >= 0.6 is 0 Å². The minimum Gasteiger partial charge on any atom is -0.503 e. The van der Waals surface area contributed by atoms with Crippen molar-refractivity contribution in [2.24, 2.45) is 0 Å². The molecule has 0 bridgehead atoms. The Morgan fingerprint density at radius 3 is 2.71 bits per heavy atom. The second kappa shape index (κ2) is 2.80. The van der Waals surface area contributed by atoms with Crippen molar-refractivity contribution in [1.82, 2.24) is 4.98 Å². The molecule has 0 fully saturated rings. The Hall–Kier alpha value is -1.91. The van der Waals surface area contributed by atoms with Gasteiger partial charge in [-0.1, -0.05) is 0 Å². The number of halogens is 2.